The number of nitrogens with zero attached hydrogens (tertiary/aromatic N) is 3. The standard InChI is InChI=1S/C24H26FN3O/c1-17-27(24(29)23-14-20-6-2-3-8-22(20)28(17)23)16-18-9-11-26(12-10-18)15-19-5-4-7-21(25)13-19/h2-8,13-14,17-18H,9-12,15-16H2,1H3. The van der Waals surface area contributed by atoms with Crippen LogP contribution < -0.4 is 0 Å². The summed E-state index contributed by atoms with van der Waals surface area (Å²) in [6, 6.07) is 17.1. The normalized spacial score (nSPS) is 20.6. The number of carbonyl (C=O) groups excluding carboxylic acids is 1. The van der Waals surface area contributed by atoms with Crippen molar-refractivity contribution in [1.82, 2.24) is 14.4 Å². The molecule has 1 atom stereocenters. The summed E-state index contributed by atoms with van der Waals surface area (Å²) in [5.74, 6) is 0.493. The number of likely N-dealkylation sites (tertiary alicyclic amines) is 1. The Kier molecular flexibility index (Phi) is 4.63. The van der Waals surface area contributed by atoms with Gasteiger partial charge in [0.1, 0.15) is 17.7 Å². The summed E-state index contributed by atoms with van der Waals surface area (Å²) in [5.41, 5.74) is 2.97. The van der Waals surface area contributed by atoms with Gasteiger partial charge in [-0.15, -0.1) is 0 Å². The largest absolute Gasteiger partial charge is 0.317 e. The van der Waals surface area contributed by atoms with Crippen LogP contribution in [0.4, 0.5) is 4.39 Å². The highest BCUT2D eigenvalue weighted by molar-refractivity contribution is 6.01. The monoisotopic (exact) mass is 391 g/mol. The molecule has 5 heteroatoms. The van der Waals surface area contributed by atoms with Crippen LogP contribution in [0, 0.1) is 11.7 Å². The molecule has 0 bridgehead atoms. The molecule has 1 amide bonds. The van der Waals surface area contributed by atoms with Crippen LogP contribution in [0.2, 0.25) is 0 Å². The number of carbonyl (C=O) groups is 1. The van der Waals surface area contributed by atoms with Gasteiger partial charge >= 0.3 is 0 Å². The van der Waals surface area contributed by atoms with E-state index in [1.54, 1.807) is 12.1 Å². The summed E-state index contributed by atoms with van der Waals surface area (Å²) in [4.78, 5) is 17.5. The van der Waals surface area contributed by atoms with Crippen molar-refractivity contribution in [2.75, 3.05) is 19.6 Å². The zero-order valence-corrected chi connectivity index (χ0v) is 16.7. The van der Waals surface area contributed by atoms with E-state index < -0.39 is 0 Å². The van der Waals surface area contributed by atoms with Crippen molar-refractivity contribution in [3.05, 3.63) is 71.7 Å². The van der Waals surface area contributed by atoms with Crippen LogP contribution in [-0.2, 0) is 6.54 Å². The van der Waals surface area contributed by atoms with Gasteiger partial charge in [-0.1, -0.05) is 30.3 Å². The number of benzene rings is 2. The first-order chi connectivity index (χ1) is 14.1. The smallest absolute Gasteiger partial charge is 0.272 e. The molecule has 1 unspecified atom stereocenters. The molecule has 4 nitrogen and oxygen atoms in total. The van der Waals surface area contributed by atoms with Crippen molar-refractivity contribution in [3.63, 3.8) is 0 Å². The maximum atomic E-state index is 13.4. The predicted octanol–water partition coefficient (Wildman–Crippen LogP) is 4.67. The summed E-state index contributed by atoms with van der Waals surface area (Å²) < 4.78 is 15.6. The van der Waals surface area contributed by atoms with Crippen LogP contribution in [0.3, 0.4) is 0 Å². The minimum absolute atomic E-state index is 0.0581. The van der Waals surface area contributed by atoms with Crippen molar-refractivity contribution in [2.24, 2.45) is 5.92 Å². The van der Waals surface area contributed by atoms with Crippen LogP contribution in [0.5, 0.6) is 0 Å². The number of hydrogen-bond donors (Lipinski definition) is 0. The van der Waals surface area contributed by atoms with Gasteiger partial charge in [-0.05, 0) is 68.6 Å². The van der Waals surface area contributed by atoms with E-state index in [2.05, 4.69) is 28.5 Å². The first-order valence-electron chi connectivity index (χ1n) is 10.5. The van der Waals surface area contributed by atoms with Gasteiger partial charge in [0.25, 0.3) is 5.91 Å². The van der Waals surface area contributed by atoms with E-state index in [1.165, 1.54) is 6.07 Å². The number of aromatic nitrogens is 1. The lowest BCUT2D eigenvalue weighted by Gasteiger charge is -2.35. The second kappa shape index (κ2) is 7.30. The Balaban J connectivity index is 1.22. The molecular formula is C24H26FN3O. The fraction of sp³-hybridized carbons (Fsp3) is 0.375. The zero-order chi connectivity index (χ0) is 20.0. The lowest BCUT2D eigenvalue weighted by molar-refractivity contribution is 0.0626. The molecule has 0 saturated carbocycles. The Morgan fingerprint density at radius 3 is 2.62 bits per heavy atom. The van der Waals surface area contributed by atoms with E-state index in [0.717, 1.165) is 61.2 Å². The molecule has 0 aliphatic carbocycles. The molecule has 1 saturated heterocycles. The lowest BCUT2D eigenvalue weighted by atomic mass is 9.95. The third kappa shape index (κ3) is 3.33. The van der Waals surface area contributed by atoms with Gasteiger partial charge in [-0.25, -0.2) is 4.39 Å². The number of rotatable bonds is 4. The van der Waals surface area contributed by atoms with E-state index >= 15 is 0 Å². The third-order valence-electron chi connectivity index (χ3n) is 6.51. The van der Waals surface area contributed by atoms with Crippen molar-refractivity contribution in [3.8, 4) is 0 Å². The highest BCUT2D eigenvalue weighted by Crippen LogP contribution is 2.35. The molecule has 29 heavy (non-hydrogen) atoms. The fourth-order valence-corrected chi connectivity index (χ4v) is 4.93. The van der Waals surface area contributed by atoms with Crippen molar-refractivity contribution in [2.45, 2.75) is 32.5 Å². The third-order valence-corrected chi connectivity index (χ3v) is 6.51. The molecule has 3 aromatic rings. The van der Waals surface area contributed by atoms with Gasteiger partial charge in [-0.3, -0.25) is 9.69 Å². The van der Waals surface area contributed by atoms with Crippen LogP contribution >= 0.6 is 0 Å². The topological polar surface area (TPSA) is 28.5 Å². The van der Waals surface area contributed by atoms with E-state index in [4.69, 9.17) is 0 Å². The minimum atomic E-state index is -0.171. The minimum Gasteiger partial charge on any atom is -0.317 e. The van der Waals surface area contributed by atoms with Crippen LogP contribution in [-0.4, -0.2) is 39.9 Å². The number of para-hydroxylation sites is 1. The molecule has 1 aromatic heterocycles. The molecule has 0 spiro atoms. The molecule has 2 aliphatic rings. The van der Waals surface area contributed by atoms with Gasteiger partial charge in [0.05, 0.1) is 5.52 Å². The Labute approximate surface area is 170 Å². The summed E-state index contributed by atoms with van der Waals surface area (Å²) >= 11 is 0. The highest BCUT2D eigenvalue weighted by Gasteiger charge is 2.36. The Morgan fingerprint density at radius 2 is 1.83 bits per heavy atom. The maximum absolute atomic E-state index is 13.4. The van der Waals surface area contributed by atoms with Crippen LogP contribution in [0.25, 0.3) is 10.9 Å². The molecule has 0 radical (unpaired) electrons. The second-order valence-corrected chi connectivity index (χ2v) is 8.40. The first kappa shape index (κ1) is 18.4. The number of hydrogen-bond acceptors (Lipinski definition) is 2. The molecule has 2 aromatic carbocycles. The second-order valence-electron chi connectivity index (χ2n) is 8.40. The van der Waals surface area contributed by atoms with Gasteiger partial charge < -0.3 is 9.47 Å². The molecular weight excluding hydrogens is 365 g/mol. The quantitative estimate of drug-likeness (QED) is 0.647. The van der Waals surface area contributed by atoms with Crippen molar-refractivity contribution < 1.29 is 9.18 Å². The van der Waals surface area contributed by atoms with E-state index in [0.29, 0.717) is 5.92 Å². The molecule has 0 N–H and O–H groups in total. The number of amides is 1. The SMILES string of the molecule is CC1N(CC2CCN(Cc3cccc(F)c3)CC2)C(=O)c2cc3ccccc3n21. The highest BCUT2D eigenvalue weighted by atomic mass is 19.1. The van der Waals surface area contributed by atoms with E-state index in [1.807, 2.05) is 29.2 Å². The number of fused-ring (bicyclic) bond motifs is 3. The Morgan fingerprint density at radius 1 is 1.03 bits per heavy atom. The molecule has 3 heterocycles. The number of piperidine rings is 1. The Hall–Kier alpha value is -2.66. The predicted molar refractivity (Wildman–Crippen MR) is 112 cm³/mol. The van der Waals surface area contributed by atoms with E-state index in [-0.39, 0.29) is 17.9 Å². The zero-order valence-electron chi connectivity index (χ0n) is 16.7. The molecule has 150 valence electrons. The van der Waals surface area contributed by atoms with Gasteiger partial charge in [0, 0.05) is 18.5 Å². The molecule has 1 fully saturated rings. The fourth-order valence-electron chi connectivity index (χ4n) is 4.93. The van der Waals surface area contributed by atoms with Gasteiger partial charge in [0.15, 0.2) is 0 Å². The van der Waals surface area contributed by atoms with Gasteiger partial charge in [0.2, 0.25) is 0 Å². The molecule has 2 aliphatic heterocycles. The Bertz CT molecular complexity index is 1050. The molecule has 5 rings (SSSR count). The summed E-state index contributed by atoms with van der Waals surface area (Å²) in [6.45, 7) is 5.71. The summed E-state index contributed by atoms with van der Waals surface area (Å²) in [7, 11) is 0. The average molecular weight is 391 g/mol. The van der Waals surface area contributed by atoms with Crippen molar-refractivity contribution >= 4 is 16.8 Å². The lowest BCUT2D eigenvalue weighted by Crippen LogP contribution is -2.39. The average Bonchev–Trinajstić information content (AvgIpc) is 3.21. The van der Waals surface area contributed by atoms with Gasteiger partial charge in [-0.2, -0.15) is 0 Å². The summed E-state index contributed by atoms with van der Waals surface area (Å²) in [5, 5.41) is 1.13. The maximum Gasteiger partial charge on any atom is 0.272 e. The summed E-state index contributed by atoms with van der Waals surface area (Å²) in [6.07, 6.45) is 2.20. The first-order valence-corrected chi connectivity index (χ1v) is 10.5. The van der Waals surface area contributed by atoms with Crippen molar-refractivity contribution in [1.29, 1.82) is 0 Å². The van der Waals surface area contributed by atoms with E-state index in [9.17, 15) is 9.18 Å². The number of halogens is 1. The van der Waals surface area contributed by atoms with Crippen LogP contribution in [0.1, 0.15) is 42.0 Å². The van der Waals surface area contributed by atoms with Crippen LogP contribution in [0.15, 0.2) is 54.6 Å².